The molecule has 0 amide bonds. The number of aryl methyl sites for hydroxylation is 2. The Morgan fingerprint density at radius 2 is 2.17 bits per heavy atom. The minimum absolute atomic E-state index is 0.131. The third-order valence-electron chi connectivity index (χ3n) is 2.82. The topological polar surface area (TPSA) is 24.9 Å². The van der Waals surface area contributed by atoms with Gasteiger partial charge in [0, 0.05) is 16.1 Å². The third kappa shape index (κ3) is 2.91. The van der Waals surface area contributed by atoms with Gasteiger partial charge in [-0.25, -0.2) is 4.98 Å². The minimum atomic E-state index is 0.131. The number of thiazole rings is 1. The summed E-state index contributed by atoms with van der Waals surface area (Å²) in [6.45, 7) is 7.03. The van der Waals surface area contributed by atoms with Gasteiger partial charge in [0.25, 0.3) is 0 Å². The van der Waals surface area contributed by atoms with E-state index in [1.165, 1.54) is 5.56 Å². The first kappa shape index (κ1) is 13.5. The van der Waals surface area contributed by atoms with Gasteiger partial charge in [-0.2, -0.15) is 0 Å². The lowest BCUT2D eigenvalue weighted by Gasteiger charge is -2.16. The zero-order valence-electron chi connectivity index (χ0n) is 10.8. The van der Waals surface area contributed by atoms with E-state index in [0.717, 1.165) is 27.8 Å². The van der Waals surface area contributed by atoms with E-state index in [0.29, 0.717) is 0 Å². The molecule has 2 rings (SSSR count). The molecule has 1 aromatic carbocycles. The van der Waals surface area contributed by atoms with Crippen molar-refractivity contribution in [1.82, 2.24) is 10.3 Å². The molecule has 1 N–H and O–H groups in total. The van der Waals surface area contributed by atoms with E-state index < -0.39 is 0 Å². The van der Waals surface area contributed by atoms with Gasteiger partial charge in [-0.1, -0.05) is 30.7 Å². The molecule has 96 valence electrons. The summed E-state index contributed by atoms with van der Waals surface area (Å²) in [6, 6.07) is 6.33. The van der Waals surface area contributed by atoms with Crippen LogP contribution in [-0.4, -0.2) is 11.5 Å². The van der Waals surface area contributed by atoms with Crippen molar-refractivity contribution in [2.75, 3.05) is 6.54 Å². The van der Waals surface area contributed by atoms with Crippen LogP contribution < -0.4 is 5.32 Å². The summed E-state index contributed by atoms with van der Waals surface area (Å²) in [5, 5.41) is 7.44. The molecular formula is C14H17ClN2S. The van der Waals surface area contributed by atoms with Crippen LogP contribution in [0.25, 0.3) is 0 Å². The highest BCUT2D eigenvalue weighted by Crippen LogP contribution is 2.28. The van der Waals surface area contributed by atoms with Crippen LogP contribution in [0.1, 0.15) is 34.8 Å². The van der Waals surface area contributed by atoms with E-state index in [-0.39, 0.29) is 6.04 Å². The monoisotopic (exact) mass is 280 g/mol. The Morgan fingerprint density at radius 3 is 2.72 bits per heavy atom. The van der Waals surface area contributed by atoms with E-state index in [1.54, 1.807) is 11.3 Å². The fourth-order valence-electron chi connectivity index (χ4n) is 1.85. The number of hydrogen-bond donors (Lipinski definition) is 1. The summed E-state index contributed by atoms with van der Waals surface area (Å²) in [5.74, 6) is 0. The highest BCUT2D eigenvalue weighted by Gasteiger charge is 2.16. The van der Waals surface area contributed by atoms with Crippen molar-refractivity contribution >= 4 is 22.9 Å². The molecule has 2 nitrogen and oxygen atoms in total. The normalized spacial score (nSPS) is 12.7. The van der Waals surface area contributed by atoms with E-state index in [2.05, 4.69) is 34.7 Å². The van der Waals surface area contributed by atoms with Gasteiger partial charge in [0.1, 0.15) is 5.01 Å². The van der Waals surface area contributed by atoms with Crippen LogP contribution >= 0.6 is 22.9 Å². The highest BCUT2D eigenvalue weighted by molar-refractivity contribution is 7.09. The summed E-state index contributed by atoms with van der Waals surface area (Å²) in [5.41, 5.74) is 3.34. The molecule has 0 aliphatic rings. The number of rotatable bonds is 4. The molecule has 1 unspecified atom stereocenters. The average molecular weight is 281 g/mol. The summed E-state index contributed by atoms with van der Waals surface area (Å²) in [4.78, 5) is 4.57. The smallest absolute Gasteiger partial charge is 0.114 e. The lowest BCUT2D eigenvalue weighted by atomic mass is 10.1. The van der Waals surface area contributed by atoms with Gasteiger partial charge in [-0.05, 0) is 37.6 Å². The molecule has 1 aromatic heterocycles. The summed E-state index contributed by atoms with van der Waals surface area (Å²) >= 11 is 7.89. The predicted octanol–water partition coefficient (Wildman–Crippen LogP) is 4.11. The molecular weight excluding hydrogens is 264 g/mol. The Labute approximate surface area is 117 Å². The number of hydrogen-bond acceptors (Lipinski definition) is 3. The Hall–Kier alpha value is -0.900. The molecule has 0 spiro atoms. The molecule has 2 aromatic rings. The minimum Gasteiger partial charge on any atom is -0.305 e. The van der Waals surface area contributed by atoms with Gasteiger partial charge in [0.2, 0.25) is 0 Å². The summed E-state index contributed by atoms with van der Waals surface area (Å²) in [7, 11) is 0. The van der Waals surface area contributed by atoms with Crippen LogP contribution in [0.4, 0.5) is 0 Å². The van der Waals surface area contributed by atoms with Crippen molar-refractivity contribution in [3.63, 3.8) is 0 Å². The van der Waals surface area contributed by atoms with Crippen molar-refractivity contribution in [1.29, 1.82) is 0 Å². The fourth-order valence-corrected chi connectivity index (χ4v) is 2.93. The molecule has 0 aliphatic heterocycles. The largest absolute Gasteiger partial charge is 0.305 e. The maximum Gasteiger partial charge on any atom is 0.114 e. The maximum atomic E-state index is 6.21. The van der Waals surface area contributed by atoms with E-state index >= 15 is 0 Å². The van der Waals surface area contributed by atoms with Gasteiger partial charge in [-0.3, -0.25) is 0 Å². The molecule has 0 aliphatic carbocycles. The molecule has 1 atom stereocenters. The van der Waals surface area contributed by atoms with Crippen molar-refractivity contribution in [3.8, 4) is 0 Å². The van der Waals surface area contributed by atoms with Crippen LogP contribution in [0.5, 0.6) is 0 Å². The first-order chi connectivity index (χ1) is 8.61. The van der Waals surface area contributed by atoms with Crippen LogP contribution in [-0.2, 0) is 0 Å². The first-order valence-electron chi connectivity index (χ1n) is 6.03. The van der Waals surface area contributed by atoms with Gasteiger partial charge in [-0.15, -0.1) is 11.3 Å². The molecule has 0 bridgehead atoms. The van der Waals surface area contributed by atoms with Crippen LogP contribution in [0.15, 0.2) is 23.6 Å². The summed E-state index contributed by atoms with van der Waals surface area (Å²) < 4.78 is 0. The zero-order chi connectivity index (χ0) is 13.1. The molecule has 0 saturated heterocycles. The quantitative estimate of drug-likeness (QED) is 0.912. The second-order valence-corrected chi connectivity index (χ2v) is 5.62. The fraction of sp³-hybridized carbons (Fsp3) is 0.357. The number of nitrogens with one attached hydrogen (secondary N) is 1. The van der Waals surface area contributed by atoms with E-state index in [9.17, 15) is 0 Å². The molecule has 0 radical (unpaired) electrons. The number of aromatic nitrogens is 1. The van der Waals surface area contributed by atoms with Crippen LogP contribution in [0, 0.1) is 13.8 Å². The van der Waals surface area contributed by atoms with Crippen LogP contribution in [0.2, 0.25) is 5.02 Å². The average Bonchev–Trinajstić information content (AvgIpc) is 2.76. The van der Waals surface area contributed by atoms with E-state index in [1.807, 2.05) is 19.9 Å². The Kier molecular flexibility index (Phi) is 4.38. The standard InChI is InChI=1S/C14H17ClN2S/c1-4-16-13(14-17-10(3)8-18-14)11-6-5-9(2)12(15)7-11/h5-8,13,16H,4H2,1-3H3. The molecule has 4 heteroatoms. The molecule has 18 heavy (non-hydrogen) atoms. The second-order valence-electron chi connectivity index (χ2n) is 4.33. The van der Waals surface area contributed by atoms with E-state index in [4.69, 9.17) is 11.6 Å². The SMILES string of the molecule is CCNC(c1ccc(C)c(Cl)c1)c1nc(C)cs1. The maximum absolute atomic E-state index is 6.21. The predicted molar refractivity (Wildman–Crippen MR) is 78.6 cm³/mol. The lowest BCUT2D eigenvalue weighted by molar-refractivity contribution is 0.626. The lowest BCUT2D eigenvalue weighted by Crippen LogP contribution is -2.21. The van der Waals surface area contributed by atoms with Crippen molar-refractivity contribution in [2.24, 2.45) is 0 Å². The zero-order valence-corrected chi connectivity index (χ0v) is 12.4. The number of benzene rings is 1. The second kappa shape index (κ2) is 5.83. The van der Waals surface area contributed by atoms with Crippen molar-refractivity contribution in [2.45, 2.75) is 26.8 Å². The van der Waals surface area contributed by atoms with Gasteiger partial charge in [0.15, 0.2) is 0 Å². The highest BCUT2D eigenvalue weighted by atomic mass is 35.5. The summed E-state index contributed by atoms with van der Waals surface area (Å²) in [6.07, 6.45) is 0. The van der Waals surface area contributed by atoms with Crippen molar-refractivity contribution < 1.29 is 0 Å². The van der Waals surface area contributed by atoms with Crippen LogP contribution in [0.3, 0.4) is 0 Å². The Bertz CT molecular complexity index is 536. The molecule has 1 heterocycles. The number of nitrogens with zero attached hydrogens (tertiary/aromatic N) is 1. The van der Waals surface area contributed by atoms with Gasteiger partial charge in [0.05, 0.1) is 6.04 Å². The van der Waals surface area contributed by atoms with Gasteiger partial charge >= 0.3 is 0 Å². The Morgan fingerprint density at radius 1 is 1.39 bits per heavy atom. The molecule has 0 fully saturated rings. The molecule has 0 saturated carbocycles. The van der Waals surface area contributed by atoms with Gasteiger partial charge < -0.3 is 5.32 Å². The number of halogens is 1. The third-order valence-corrected chi connectivity index (χ3v) is 4.26. The Balaban J connectivity index is 2.37. The van der Waals surface area contributed by atoms with Crippen molar-refractivity contribution in [3.05, 3.63) is 50.4 Å². The first-order valence-corrected chi connectivity index (χ1v) is 7.29.